The molecule has 0 spiro atoms. The van der Waals surface area contributed by atoms with Crippen molar-refractivity contribution in [2.45, 2.75) is 19.5 Å². The molecule has 2 aliphatic rings. The Hall–Kier alpha value is -3.44. The first-order valence-corrected chi connectivity index (χ1v) is 14.9. The van der Waals surface area contributed by atoms with Crippen LogP contribution in [0.15, 0.2) is 54.9 Å². The number of anilines is 1. The maximum atomic E-state index is 13.2. The highest BCUT2D eigenvalue weighted by Crippen LogP contribution is 2.27. The molecule has 6 rings (SSSR count). The fourth-order valence-electron chi connectivity index (χ4n) is 5.83. The van der Waals surface area contributed by atoms with Crippen LogP contribution in [0.4, 0.5) is 5.69 Å². The molecule has 2 fully saturated rings. The molecule has 2 aromatic carbocycles. The smallest absolute Gasteiger partial charge is 0.242 e. The zero-order valence-electron chi connectivity index (χ0n) is 23.7. The molecule has 2 aromatic heterocycles. The van der Waals surface area contributed by atoms with Gasteiger partial charge in [-0.05, 0) is 55.0 Å². The van der Waals surface area contributed by atoms with E-state index in [1.807, 2.05) is 11.0 Å². The van der Waals surface area contributed by atoms with Gasteiger partial charge in [-0.15, -0.1) is 0 Å². The van der Waals surface area contributed by atoms with Crippen molar-refractivity contribution in [1.82, 2.24) is 29.6 Å². The number of morpholine rings is 1. The molecular weight excluding hydrogens is 534 g/mol. The minimum Gasteiger partial charge on any atom is -0.378 e. The minimum absolute atomic E-state index is 0.129. The van der Waals surface area contributed by atoms with Crippen molar-refractivity contribution in [3.8, 4) is 0 Å². The summed E-state index contributed by atoms with van der Waals surface area (Å²) in [6.07, 6.45) is 5.11. The Kier molecular flexibility index (Phi) is 8.52. The molecule has 4 aromatic rings. The Morgan fingerprint density at radius 1 is 1.00 bits per heavy atom. The van der Waals surface area contributed by atoms with E-state index >= 15 is 0 Å². The van der Waals surface area contributed by atoms with Gasteiger partial charge in [0.2, 0.25) is 5.91 Å². The van der Waals surface area contributed by atoms with Gasteiger partial charge < -0.3 is 34.7 Å². The summed E-state index contributed by atoms with van der Waals surface area (Å²) in [4.78, 5) is 23.3. The van der Waals surface area contributed by atoms with E-state index in [2.05, 4.69) is 85.8 Å². The molecule has 41 heavy (non-hydrogen) atoms. The molecule has 3 N–H and O–H groups in total. The number of fused-ring (bicyclic) bond motifs is 2. The number of H-pyrrole nitrogens is 1. The number of ether oxygens (including phenoxy) is 1. The molecule has 0 aliphatic carbocycles. The Morgan fingerprint density at radius 2 is 1.80 bits per heavy atom. The number of nitrogens with zero attached hydrogens (tertiary/aromatic N) is 4. The number of hydrogen-bond acceptors (Lipinski definition) is 5. The molecule has 2 saturated heterocycles. The number of aromatic amines is 1. The Morgan fingerprint density at radius 3 is 2.63 bits per heavy atom. The van der Waals surface area contributed by atoms with Gasteiger partial charge in [0, 0.05) is 86.7 Å². The van der Waals surface area contributed by atoms with Crippen LogP contribution in [0.3, 0.4) is 0 Å². The van der Waals surface area contributed by atoms with Crippen LogP contribution < -0.4 is 10.6 Å². The number of piperazine rings is 1. The summed E-state index contributed by atoms with van der Waals surface area (Å²) in [6, 6.07) is 14.7. The lowest BCUT2D eigenvalue weighted by Gasteiger charge is -2.32. The zero-order chi connectivity index (χ0) is 28.2. The first-order chi connectivity index (χ1) is 20.0. The molecule has 2 aliphatic heterocycles. The maximum absolute atomic E-state index is 13.2. The van der Waals surface area contributed by atoms with Gasteiger partial charge in [-0.3, -0.25) is 9.69 Å². The highest BCUT2D eigenvalue weighted by Gasteiger charge is 2.21. The fourth-order valence-corrected chi connectivity index (χ4v) is 6.05. The second kappa shape index (κ2) is 12.6. The molecule has 0 saturated carbocycles. The van der Waals surface area contributed by atoms with E-state index in [4.69, 9.17) is 17.0 Å². The van der Waals surface area contributed by atoms with Gasteiger partial charge in [0.25, 0.3) is 0 Å². The molecule has 4 heterocycles. The number of hydrogen-bond donors (Lipinski definition) is 3. The summed E-state index contributed by atoms with van der Waals surface area (Å²) in [5.41, 5.74) is 5.63. The lowest BCUT2D eigenvalue weighted by molar-refractivity contribution is -0.135. The van der Waals surface area contributed by atoms with Crippen LogP contribution in [0.1, 0.15) is 11.1 Å². The average molecular weight is 574 g/mol. The molecule has 0 bridgehead atoms. The van der Waals surface area contributed by atoms with Crippen LogP contribution in [0.2, 0.25) is 0 Å². The lowest BCUT2D eigenvalue weighted by atomic mass is 10.1. The van der Waals surface area contributed by atoms with Gasteiger partial charge in [0.05, 0.1) is 18.7 Å². The number of carbonyl (C=O) groups is 1. The molecule has 0 atom stereocenters. The first kappa shape index (κ1) is 27.7. The van der Waals surface area contributed by atoms with Crippen LogP contribution in [0, 0.1) is 0 Å². The number of aromatic nitrogens is 2. The summed E-state index contributed by atoms with van der Waals surface area (Å²) >= 11 is 5.64. The van der Waals surface area contributed by atoms with Crippen molar-refractivity contribution >= 4 is 50.7 Å². The van der Waals surface area contributed by atoms with Gasteiger partial charge >= 0.3 is 0 Å². The van der Waals surface area contributed by atoms with E-state index in [1.165, 1.54) is 21.9 Å². The van der Waals surface area contributed by atoms with Crippen molar-refractivity contribution < 1.29 is 9.53 Å². The number of para-hydroxylation sites is 1. The number of rotatable bonds is 8. The monoisotopic (exact) mass is 573 g/mol. The van der Waals surface area contributed by atoms with Crippen molar-refractivity contribution in [2.24, 2.45) is 0 Å². The van der Waals surface area contributed by atoms with Crippen LogP contribution in [-0.4, -0.2) is 101 Å². The molecule has 10 heteroatoms. The standard InChI is InChI=1S/C31H39N7O2S/c1-35-10-12-36(13-11-35)20-24-21-38(22-30(39)37-14-16-40-17-15-37)29-18-25(6-7-27(24)29)34-31(41)32-9-8-23-19-33-28-5-3-2-4-26(23)28/h2-7,18-19,21,33H,8-17,20,22H2,1H3,(H2,32,34,41). The van der Waals surface area contributed by atoms with Crippen LogP contribution >= 0.6 is 12.2 Å². The number of nitrogens with one attached hydrogen (secondary N) is 3. The highest BCUT2D eigenvalue weighted by atomic mass is 32.1. The third-order valence-electron chi connectivity index (χ3n) is 8.24. The predicted octanol–water partition coefficient (Wildman–Crippen LogP) is 3.26. The van der Waals surface area contributed by atoms with Crippen molar-refractivity contribution in [1.29, 1.82) is 0 Å². The van der Waals surface area contributed by atoms with E-state index in [9.17, 15) is 4.79 Å². The van der Waals surface area contributed by atoms with Gasteiger partial charge in [-0.1, -0.05) is 24.3 Å². The van der Waals surface area contributed by atoms with Gasteiger partial charge in [-0.2, -0.15) is 0 Å². The third kappa shape index (κ3) is 6.56. The van der Waals surface area contributed by atoms with Crippen LogP contribution in [-0.2, 0) is 29.0 Å². The third-order valence-corrected chi connectivity index (χ3v) is 8.48. The Labute approximate surface area is 246 Å². The summed E-state index contributed by atoms with van der Waals surface area (Å²) in [6.45, 7) is 8.68. The maximum Gasteiger partial charge on any atom is 0.242 e. The molecule has 1 amide bonds. The Balaban J connectivity index is 1.15. The number of benzene rings is 2. The number of carbonyl (C=O) groups excluding carboxylic acids is 1. The summed E-state index contributed by atoms with van der Waals surface area (Å²) < 4.78 is 7.56. The predicted molar refractivity (Wildman–Crippen MR) is 168 cm³/mol. The Bertz CT molecular complexity index is 1520. The first-order valence-electron chi connectivity index (χ1n) is 14.5. The van der Waals surface area contributed by atoms with Crippen molar-refractivity contribution in [2.75, 3.05) is 71.4 Å². The largest absolute Gasteiger partial charge is 0.378 e. The minimum atomic E-state index is 0.129. The van der Waals surface area contributed by atoms with Crippen LogP contribution in [0.25, 0.3) is 21.8 Å². The topological polar surface area (TPSA) is 80.8 Å². The van der Waals surface area contributed by atoms with Crippen molar-refractivity contribution in [3.63, 3.8) is 0 Å². The molecule has 0 unspecified atom stereocenters. The van der Waals surface area contributed by atoms with Gasteiger partial charge in [0.1, 0.15) is 6.54 Å². The van der Waals surface area contributed by atoms with E-state index in [0.29, 0.717) is 38.0 Å². The van der Waals surface area contributed by atoms with E-state index < -0.39 is 0 Å². The zero-order valence-corrected chi connectivity index (χ0v) is 24.5. The molecular formula is C31H39N7O2S. The highest BCUT2D eigenvalue weighted by molar-refractivity contribution is 7.80. The number of likely N-dealkylation sites (N-methyl/N-ethyl adjacent to an activating group) is 1. The molecule has 0 radical (unpaired) electrons. The normalized spacial score (nSPS) is 16.9. The summed E-state index contributed by atoms with van der Waals surface area (Å²) in [7, 11) is 2.18. The van der Waals surface area contributed by atoms with E-state index in [1.54, 1.807) is 0 Å². The molecule has 9 nitrogen and oxygen atoms in total. The van der Waals surface area contributed by atoms with Gasteiger partial charge in [0.15, 0.2) is 5.11 Å². The van der Waals surface area contributed by atoms with E-state index in [-0.39, 0.29) is 5.91 Å². The van der Waals surface area contributed by atoms with Crippen molar-refractivity contribution in [3.05, 3.63) is 66.0 Å². The number of amides is 1. The fraction of sp³-hybridized carbons (Fsp3) is 0.419. The molecule has 216 valence electrons. The number of thiocarbonyl (C=S) groups is 1. The lowest BCUT2D eigenvalue weighted by Crippen LogP contribution is -2.43. The second-order valence-electron chi connectivity index (χ2n) is 11.1. The summed E-state index contributed by atoms with van der Waals surface area (Å²) in [5.74, 6) is 0.129. The van der Waals surface area contributed by atoms with Gasteiger partial charge in [-0.25, -0.2) is 0 Å². The van der Waals surface area contributed by atoms with Crippen LogP contribution in [0.5, 0.6) is 0 Å². The van der Waals surface area contributed by atoms with E-state index in [0.717, 1.165) is 62.4 Å². The SMILES string of the molecule is CN1CCN(Cc2cn(CC(=O)N3CCOCC3)c3cc(NC(=S)NCCc4c[nH]c5ccccc45)ccc23)CC1. The average Bonchev–Trinajstić information content (AvgIpc) is 3.55. The summed E-state index contributed by atoms with van der Waals surface area (Å²) in [5, 5.41) is 9.73. The quantitative estimate of drug-likeness (QED) is 0.279. The second-order valence-corrected chi connectivity index (χ2v) is 11.5.